The molecule has 1 aromatic carbocycles. The van der Waals surface area contributed by atoms with Crippen LogP contribution in [0.15, 0.2) is 36.5 Å². The average molecular weight is 214 g/mol. The molecule has 0 aliphatic rings. The van der Waals surface area contributed by atoms with Gasteiger partial charge in [-0.05, 0) is 32.4 Å². The molecule has 0 unspecified atom stereocenters. The molecule has 2 heteroatoms. The van der Waals surface area contributed by atoms with Crippen LogP contribution in [0.2, 0.25) is 0 Å². The summed E-state index contributed by atoms with van der Waals surface area (Å²) in [7, 11) is 0. The molecular formula is C14H18N2. The Labute approximate surface area is 96.7 Å². The van der Waals surface area contributed by atoms with Crippen LogP contribution < -0.4 is 5.73 Å². The van der Waals surface area contributed by atoms with Crippen molar-refractivity contribution in [3.63, 3.8) is 0 Å². The zero-order valence-corrected chi connectivity index (χ0v) is 10.1. The van der Waals surface area contributed by atoms with Gasteiger partial charge in [-0.3, -0.25) is 0 Å². The van der Waals surface area contributed by atoms with Gasteiger partial charge in [-0.2, -0.15) is 0 Å². The van der Waals surface area contributed by atoms with Crippen molar-refractivity contribution in [3.05, 3.63) is 42.1 Å². The Balaban J connectivity index is 2.49. The Kier molecular flexibility index (Phi) is 2.73. The Bertz CT molecular complexity index is 495. The molecule has 0 atom stereocenters. The zero-order chi connectivity index (χ0) is 11.7. The van der Waals surface area contributed by atoms with E-state index in [0.29, 0.717) is 6.04 Å². The maximum atomic E-state index is 6.15. The lowest BCUT2D eigenvalue weighted by molar-refractivity contribution is 0.612. The number of nitrogens with two attached hydrogens (primary N) is 1. The first-order valence-electron chi connectivity index (χ1n) is 5.63. The standard InChI is InChI=1S/C14H18N2/c1-10(2)16-8-7-13(14(16)15)12-6-4-5-11(3)9-12/h4-10H,15H2,1-3H3. The van der Waals surface area contributed by atoms with Crippen molar-refractivity contribution in [2.45, 2.75) is 26.8 Å². The van der Waals surface area contributed by atoms with Gasteiger partial charge in [0.2, 0.25) is 0 Å². The van der Waals surface area contributed by atoms with Crippen molar-refractivity contribution in [2.75, 3.05) is 5.73 Å². The number of anilines is 1. The van der Waals surface area contributed by atoms with Crippen LogP contribution in [-0.4, -0.2) is 4.57 Å². The minimum atomic E-state index is 0.401. The van der Waals surface area contributed by atoms with Crippen LogP contribution in [0.3, 0.4) is 0 Å². The van der Waals surface area contributed by atoms with Crippen molar-refractivity contribution in [2.24, 2.45) is 0 Å². The SMILES string of the molecule is Cc1cccc(-c2ccn(C(C)C)c2N)c1. The minimum absolute atomic E-state index is 0.401. The maximum absolute atomic E-state index is 6.15. The lowest BCUT2D eigenvalue weighted by Crippen LogP contribution is -2.04. The van der Waals surface area contributed by atoms with Gasteiger partial charge < -0.3 is 10.3 Å². The van der Waals surface area contributed by atoms with Gasteiger partial charge in [-0.15, -0.1) is 0 Å². The summed E-state index contributed by atoms with van der Waals surface area (Å²) in [6.07, 6.45) is 2.05. The molecule has 0 aliphatic carbocycles. The van der Waals surface area contributed by atoms with E-state index in [-0.39, 0.29) is 0 Å². The van der Waals surface area contributed by atoms with Gasteiger partial charge in [0.15, 0.2) is 0 Å². The molecule has 0 bridgehead atoms. The number of hydrogen-bond acceptors (Lipinski definition) is 1. The highest BCUT2D eigenvalue weighted by Crippen LogP contribution is 2.29. The summed E-state index contributed by atoms with van der Waals surface area (Å²) in [5.74, 6) is 0.848. The summed E-state index contributed by atoms with van der Waals surface area (Å²) in [6.45, 7) is 6.37. The van der Waals surface area contributed by atoms with Crippen LogP contribution in [-0.2, 0) is 0 Å². The Morgan fingerprint density at radius 3 is 2.50 bits per heavy atom. The van der Waals surface area contributed by atoms with Gasteiger partial charge in [0.05, 0.1) is 0 Å². The van der Waals surface area contributed by atoms with Crippen molar-refractivity contribution in [3.8, 4) is 11.1 Å². The van der Waals surface area contributed by atoms with Crippen molar-refractivity contribution < 1.29 is 0 Å². The average Bonchev–Trinajstić information content (AvgIpc) is 2.60. The van der Waals surface area contributed by atoms with Gasteiger partial charge in [0.1, 0.15) is 5.82 Å². The van der Waals surface area contributed by atoms with Gasteiger partial charge in [-0.1, -0.05) is 29.8 Å². The van der Waals surface area contributed by atoms with E-state index in [0.717, 1.165) is 11.4 Å². The van der Waals surface area contributed by atoms with E-state index in [1.807, 2.05) is 0 Å². The second kappa shape index (κ2) is 4.05. The second-order valence-electron chi connectivity index (χ2n) is 4.49. The maximum Gasteiger partial charge on any atom is 0.111 e. The largest absolute Gasteiger partial charge is 0.385 e. The summed E-state index contributed by atoms with van der Waals surface area (Å²) in [4.78, 5) is 0. The molecule has 0 radical (unpaired) electrons. The molecule has 0 amide bonds. The fourth-order valence-corrected chi connectivity index (χ4v) is 1.97. The van der Waals surface area contributed by atoms with Gasteiger partial charge >= 0.3 is 0 Å². The smallest absolute Gasteiger partial charge is 0.111 e. The van der Waals surface area contributed by atoms with Crippen LogP contribution in [0.4, 0.5) is 5.82 Å². The first-order chi connectivity index (χ1) is 7.59. The summed E-state index contributed by atoms with van der Waals surface area (Å²) >= 11 is 0. The fraction of sp³-hybridized carbons (Fsp3) is 0.286. The topological polar surface area (TPSA) is 30.9 Å². The second-order valence-corrected chi connectivity index (χ2v) is 4.49. The quantitative estimate of drug-likeness (QED) is 0.813. The van der Waals surface area contributed by atoms with Crippen molar-refractivity contribution in [1.82, 2.24) is 4.57 Å². The molecule has 2 aromatic rings. The molecule has 0 spiro atoms. The van der Waals surface area contributed by atoms with Crippen LogP contribution in [0.5, 0.6) is 0 Å². The summed E-state index contributed by atoms with van der Waals surface area (Å²) in [6, 6.07) is 10.9. The Morgan fingerprint density at radius 2 is 1.94 bits per heavy atom. The van der Waals surface area contributed by atoms with E-state index >= 15 is 0 Å². The van der Waals surface area contributed by atoms with Crippen LogP contribution in [0.1, 0.15) is 25.5 Å². The molecular weight excluding hydrogens is 196 g/mol. The number of aromatic nitrogens is 1. The van der Waals surface area contributed by atoms with Gasteiger partial charge in [-0.25, -0.2) is 0 Å². The number of nitrogens with zero attached hydrogens (tertiary/aromatic N) is 1. The highest BCUT2D eigenvalue weighted by Gasteiger charge is 2.09. The number of benzene rings is 1. The molecule has 0 saturated heterocycles. The lowest BCUT2D eigenvalue weighted by atomic mass is 10.1. The molecule has 0 aliphatic heterocycles. The van der Waals surface area contributed by atoms with Crippen LogP contribution >= 0.6 is 0 Å². The molecule has 84 valence electrons. The van der Waals surface area contributed by atoms with E-state index in [4.69, 9.17) is 5.73 Å². The molecule has 16 heavy (non-hydrogen) atoms. The van der Waals surface area contributed by atoms with Crippen molar-refractivity contribution >= 4 is 5.82 Å². The summed E-state index contributed by atoms with van der Waals surface area (Å²) < 4.78 is 2.09. The molecule has 1 heterocycles. The predicted octanol–water partition coefficient (Wildman–Crippen LogP) is 3.63. The zero-order valence-electron chi connectivity index (χ0n) is 10.1. The minimum Gasteiger partial charge on any atom is -0.385 e. The number of rotatable bonds is 2. The molecule has 1 aromatic heterocycles. The fourth-order valence-electron chi connectivity index (χ4n) is 1.97. The monoisotopic (exact) mass is 214 g/mol. The first-order valence-corrected chi connectivity index (χ1v) is 5.63. The lowest BCUT2D eigenvalue weighted by Gasteiger charge is -2.11. The number of hydrogen-bond donors (Lipinski definition) is 1. The summed E-state index contributed by atoms with van der Waals surface area (Å²) in [5, 5.41) is 0. The Hall–Kier alpha value is -1.70. The van der Waals surface area contributed by atoms with Gasteiger partial charge in [0.25, 0.3) is 0 Å². The highest BCUT2D eigenvalue weighted by molar-refractivity contribution is 5.75. The highest BCUT2D eigenvalue weighted by atomic mass is 15.1. The van der Waals surface area contributed by atoms with Crippen LogP contribution in [0, 0.1) is 6.92 Å². The molecule has 2 N–H and O–H groups in total. The molecule has 0 saturated carbocycles. The number of aryl methyl sites for hydroxylation is 1. The van der Waals surface area contributed by atoms with E-state index in [2.05, 4.69) is 61.9 Å². The normalized spacial score (nSPS) is 11.0. The molecule has 2 rings (SSSR count). The van der Waals surface area contributed by atoms with Gasteiger partial charge in [0, 0.05) is 17.8 Å². The number of nitrogen functional groups attached to an aromatic ring is 1. The Morgan fingerprint density at radius 1 is 1.19 bits per heavy atom. The third kappa shape index (κ3) is 1.83. The van der Waals surface area contributed by atoms with E-state index in [1.165, 1.54) is 11.1 Å². The predicted molar refractivity (Wildman–Crippen MR) is 69.4 cm³/mol. The van der Waals surface area contributed by atoms with Crippen molar-refractivity contribution in [1.29, 1.82) is 0 Å². The third-order valence-corrected chi connectivity index (χ3v) is 2.84. The first kappa shape index (κ1) is 10.8. The van der Waals surface area contributed by atoms with E-state index < -0.39 is 0 Å². The summed E-state index contributed by atoms with van der Waals surface area (Å²) in [5.41, 5.74) is 9.72. The van der Waals surface area contributed by atoms with E-state index in [9.17, 15) is 0 Å². The molecule has 2 nitrogen and oxygen atoms in total. The third-order valence-electron chi connectivity index (χ3n) is 2.84. The van der Waals surface area contributed by atoms with Crippen LogP contribution in [0.25, 0.3) is 11.1 Å². The van der Waals surface area contributed by atoms with E-state index in [1.54, 1.807) is 0 Å². The molecule has 0 fully saturated rings.